The SMILES string of the molecule is C=C(C)C(=O)Oc1cccc(OP(=O)(O)O)c1CC. The van der Waals surface area contributed by atoms with Gasteiger partial charge in [-0.3, -0.25) is 9.79 Å². The van der Waals surface area contributed by atoms with Crippen LogP contribution in [0.4, 0.5) is 0 Å². The first kappa shape index (κ1) is 15.4. The van der Waals surface area contributed by atoms with E-state index in [0.29, 0.717) is 12.0 Å². The van der Waals surface area contributed by atoms with E-state index in [-0.39, 0.29) is 17.1 Å². The minimum atomic E-state index is -4.66. The highest BCUT2D eigenvalue weighted by molar-refractivity contribution is 7.46. The van der Waals surface area contributed by atoms with Gasteiger partial charge in [-0.1, -0.05) is 19.6 Å². The topological polar surface area (TPSA) is 93.1 Å². The summed E-state index contributed by atoms with van der Waals surface area (Å²) in [4.78, 5) is 29.1. The fraction of sp³-hybridized carbons (Fsp3) is 0.250. The summed E-state index contributed by atoms with van der Waals surface area (Å²) in [5.74, 6) is -0.424. The number of benzene rings is 1. The number of hydrogen-bond donors (Lipinski definition) is 2. The van der Waals surface area contributed by atoms with E-state index in [1.165, 1.54) is 25.1 Å². The third kappa shape index (κ3) is 4.52. The second-order valence-electron chi connectivity index (χ2n) is 3.84. The fourth-order valence-corrected chi connectivity index (χ4v) is 1.82. The molecule has 0 atom stereocenters. The Morgan fingerprint density at radius 3 is 2.42 bits per heavy atom. The van der Waals surface area contributed by atoms with Crippen LogP contribution >= 0.6 is 7.82 Å². The smallest absolute Gasteiger partial charge is 0.423 e. The van der Waals surface area contributed by atoms with Gasteiger partial charge in [-0.05, 0) is 25.5 Å². The van der Waals surface area contributed by atoms with Crippen LogP contribution in [-0.2, 0) is 15.8 Å². The van der Waals surface area contributed by atoms with E-state index in [0.717, 1.165) is 0 Å². The first-order valence-electron chi connectivity index (χ1n) is 5.49. The maximum atomic E-state index is 11.5. The maximum Gasteiger partial charge on any atom is 0.524 e. The lowest BCUT2D eigenvalue weighted by Crippen LogP contribution is -2.10. The van der Waals surface area contributed by atoms with Gasteiger partial charge in [-0.2, -0.15) is 0 Å². The molecule has 0 saturated heterocycles. The third-order valence-electron chi connectivity index (χ3n) is 2.21. The lowest BCUT2D eigenvalue weighted by molar-refractivity contribution is -0.130. The second-order valence-corrected chi connectivity index (χ2v) is 5.00. The van der Waals surface area contributed by atoms with Crippen molar-refractivity contribution < 1.29 is 28.4 Å². The summed E-state index contributed by atoms with van der Waals surface area (Å²) in [6.07, 6.45) is 0.384. The molecule has 2 N–H and O–H groups in total. The summed E-state index contributed by atoms with van der Waals surface area (Å²) in [6, 6.07) is 4.40. The Labute approximate surface area is 110 Å². The van der Waals surface area contributed by atoms with E-state index < -0.39 is 13.8 Å². The molecule has 0 aliphatic rings. The van der Waals surface area contributed by atoms with Gasteiger partial charge in [-0.25, -0.2) is 9.36 Å². The van der Waals surface area contributed by atoms with E-state index in [9.17, 15) is 9.36 Å². The number of carbonyl (C=O) groups excluding carboxylic acids is 1. The van der Waals surface area contributed by atoms with Crippen molar-refractivity contribution in [1.82, 2.24) is 0 Å². The molecule has 104 valence electrons. The van der Waals surface area contributed by atoms with E-state index in [4.69, 9.17) is 14.5 Å². The highest BCUT2D eigenvalue weighted by Gasteiger charge is 2.20. The highest BCUT2D eigenvalue weighted by atomic mass is 31.2. The van der Waals surface area contributed by atoms with Crippen molar-refractivity contribution in [2.45, 2.75) is 20.3 Å². The van der Waals surface area contributed by atoms with Gasteiger partial charge in [0, 0.05) is 11.1 Å². The van der Waals surface area contributed by atoms with Crippen LogP contribution in [0.25, 0.3) is 0 Å². The molecule has 0 amide bonds. The number of esters is 1. The lowest BCUT2D eigenvalue weighted by atomic mass is 10.1. The molecule has 1 rings (SSSR count). The van der Waals surface area contributed by atoms with Crippen molar-refractivity contribution in [2.24, 2.45) is 0 Å². The molecular weight excluding hydrogens is 271 g/mol. The van der Waals surface area contributed by atoms with E-state index in [2.05, 4.69) is 11.1 Å². The number of ether oxygens (including phenoxy) is 1. The summed E-state index contributed by atoms with van der Waals surface area (Å²) >= 11 is 0. The summed E-state index contributed by atoms with van der Waals surface area (Å²) in [5.41, 5.74) is 0.629. The highest BCUT2D eigenvalue weighted by Crippen LogP contribution is 2.41. The molecule has 7 heteroatoms. The molecule has 1 aromatic carbocycles. The predicted molar refractivity (Wildman–Crippen MR) is 68.9 cm³/mol. The van der Waals surface area contributed by atoms with Crippen molar-refractivity contribution in [2.75, 3.05) is 0 Å². The molecule has 0 aliphatic heterocycles. The van der Waals surface area contributed by atoms with Crippen molar-refractivity contribution in [3.8, 4) is 11.5 Å². The molecule has 0 aliphatic carbocycles. The quantitative estimate of drug-likeness (QED) is 0.373. The molecule has 0 spiro atoms. The molecule has 19 heavy (non-hydrogen) atoms. The number of rotatable bonds is 5. The molecular formula is C12H15O6P. The summed E-state index contributed by atoms with van der Waals surface area (Å²) in [5, 5.41) is 0. The van der Waals surface area contributed by atoms with Crippen LogP contribution in [0, 0.1) is 0 Å². The van der Waals surface area contributed by atoms with Gasteiger partial charge in [0.15, 0.2) is 0 Å². The second kappa shape index (κ2) is 6.02. The Morgan fingerprint density at radius 2 is 1.95 bits per heavy atom. The molecule has 0 heterocycles. The zero-order valence-electron chi connectivity index (χ0n) is 10.6. The van der Waals surface area contributed by atoms with Crippen LogP contribution in [0.15, 0.2) is 30.4 Å². The summed E-state index contributed by atoms with van der Waals surface area (Å²) in [6.45, 7) is 6.71. The number of phosphoric acid groups is 1. The van der Waals surface area contributed by atoms with E-state index >= 15 is 0 Å². The van der Waals surface area contributed by atoms with Gasteiger partial charge in [0.05, 0.1) is 0 Å². The van der Waals surface area contributed by atoms with E-state index in [1.54, 1.807) is 6.92 Å². The zero-order chi connectivity index (χ0) is 14.6. The number of carbonyl (C=O) groups is 1. The minimum absolute atomic E-state index is 0.0113. The van der Waals surface area contributed by atoms with Crippen LogP contribution < -0.4 is 9.26 Å². The Bertz CT molecular complexity index is 545. The summed E-state index contributed by atoms with van der Waals surface area (Å²) < 4.78 is 20.5. The Hall–Kier alpha value is -1.62. The monoisotopic (exact) mass is 286 g/mol. The maximum absolute atomic E-state index is 11.5. The van der Waals surface area contributed by atoms with Crippen LogP contribution in [0.3, 0.4) is 0 Å². The van der Waals surface area contributed by atoms with Gasteiger partial charge < -0.3 is 9.26 Å². The Morgan fingerprint density at radius 1 is 1.37 bits per heavy atom. The van der Waals surface area contributed by atoms with Crippen molar-refractivity contribution >= 4 is 13.8 Å². The van der Waals surface area contributed by atoms with Crippen molar-refractivity contribution in [3.05, 3.63) is 35.9 Å². The molecule has 0 unspecified atom stereocenters. The van der Waals surface area contributed by atoms with Crippen LogP contribution in [0.1, 0.15) is 19.4 Å². The van der Waals surface area contributed by atoms with Gasteiger partial charge in [-0.15, -0.1) is 0 Å². The third-order valence-corrected chi connectivity index (χ3v) is 2.65. The van der Waals surface area contributed by atoms with Crippen LogP contribution in [0.2, 0.25) is 0 Å². The molecule has 0 fully saturated rings. The van der Waals surface area contributed by atoms with Gasteiger partial charge in [0.25, 0.3) is 0 Å². The molecule has 1 aromatic rings. The van der Waals surface area contributed by atoms with Gasteiger partial charge in [0.2, 0.25) is 0 Å². The molecule has 0 radical (unpaired) electrons. The Balaban J connectivity index is 3.13. The standard InChI is InChI=1S/C12H15O6P/c1-4-9-10(17-12(13)8(2)3)6-5-7-11(9)18-19(14,15)16/h5-7H,2,4H2,1,3H3,(H2,14,15,16). The Kier molecular flexibility index (Phi) is 4.89. The number of hydrogen-bond acceptors (Lipinski definition) is 4. The first-order valence-corrected chi connectivity index (χ1v) is 7.02. The first-order chi connectivity index (χ1) is 8.74. The van der Waals surface area contributed by atoms with Crippen molar-refractivity contribution in [3.63, 3.8) is 0 Å². The average Bonchev–Trinajstić information content (AvgIpc) is 2.27. The van der Waals surface area contributed by atoms with Crippen molar-refractivity contribution in [1.29, 1.82) is 0 Å². The molecule has 0 bridgehead atoms. The molecule has 0 aromatic heterocycles. The van der Waals surface area contributed by atoms with Crippen LogP contribution in [-0.4, -0.2) is 15.8 Å². The average molecular weight is 286 g/mol. The number of phosphoric ester groups is 1. The minimum Gasteiger partial charge on any atom is -0.423 e. The summed E-state index contributed by atoms with van der Waals surface area (Å²) in [7, 11) is -4.66. The van der Waals surface area contributed by atoms with Gasteiger partial charge in [0.1, 0.15) is 11.5 Å². The van der Waals surface area contributed by atoms with E-state index in [1.807, 2.05) is 0 Å². The van der Waals surface area contributed by atoms with Gasteiger partial charge >= 0.3 is 13.8 Å². The lowest BCUT2D eigenvalue weighted by Gasteiger charge is -2.14. The molecule has 0 saturated carbocycles. The molecule has 6 nitrogen and oxygen atoms in total. The normalized spacial score (nSPS) is 10.9. The largest absolute Gasteiger partial charge is 0.524 e. The van der Waals surface area contributed by atoms with Crippen LogP contribution in [0.5, 0.6) is 11.5 Å². The zero-order valence-corrected chi connectivity index (χ0v) is 11.5. The fourth-order valence-electron chi connectivity index (χ4n) is 1.39. The predicted octanol–water partition coefficient (Wildman–Crippen LogP) is 2.20.